The largest absolute Gasteiger partial charge is 0.0842 e. The zero-order valence-corrected chi connectivity index (χ0v) is 8.99. The van der Waals surface area contributed by atoms with Crippen molar-refractivity contribution in [1.82, 2.24) is 0 Å². The van der Waals surface area contributed by atoms with Gasteiger partial charge in [-0.05, 0) is 17.7 Å². The van der Waals surface area contributed by atoms with Gasteiger partial charge in [0.1, 0.15) is 0 Å². The zero-order valence-electron chi connectivity index (χ0n) is 5.90. The molecule has 12 heavy (non-hydrogen) atoms. The Morgan fingerprint density at radius 1 is 1.17 bits per heavy atom. The summed E-state index contributed by atoms with van der Waals surface area (Å²) >= 11 is 22.0. The number of thiocarbonyl (C=S) groups is 1. The van der Waals surface area contributed by atoms with Crippen LogP contribution in [0.4, 0.5) is 0 Å². The summed E-state index contributed by atoms with van der Waals surface area (Å²) in [6.07, 6.45) is 0.462. The normalized spacial score (nSPS) is 9.92. The van der Waals surface area contributed by atoms with Crippen molar-refractivity contribution in [2.24, 2.45) is 0 Å². The molecule has 0 aliphatic carbocycles. The van der Waals surface area contributed by atoms with Crippen LogP contribution in [-0.2, 0) is 6.42 Å². The molecule has 1 radical (unpaired) electrons. The third-order valence-electron chi connectivity index (χ3n) is 1.35. The van der Waals surface area contributed by atoms with Crippen molar-refractivity contribution in [1.29, 1.82) is 0 Å². The fraction of sp³-hybridized carbons (Fsp3) is 0.125. The van der Waals surface area contributed by atoms with Crippen LogP contribution in [0.1, 0.15) is 5.56 Å². The zero-order chi connectivity index (χ0) is 9.14. The minimum Gasteiger partial charge on any atom is -0.0842 e. The molecule has 0 amide bonds. The van der Waals surface area contributed by atoms with Crippen molar-refractivity contribution in [3.05, 3.63) is 32.8 Å². The molecule has 1 aromatic rings. The molecule has 0 fully saturated rings. The molecular formula is C8H4Cl3S. The molecule has 0 atom stereocenters. The Balaban J connectivity index is 3.18. The number of rotatable bonds is 2. The van der Waals surface area contributed by atoms with E-state index in [1.165, 1.54) is 0 Å². The van der Waals surface area contributed by atoms with Crippen LogP contribution in [0.25, 0.3) is 0 Å². The van der Waals surface area contributed by atoms with E-state index in [0.29, 0.717) is 21.5 Å². The summed E-state index contributed by atoms with van der Waals surface area (Å²) in [5.74, 6) is 0. The van der Waals surface area contributed by atoms with E-state index in [2.05, 4.69) is 17.6 Å². The molecule has 0 bridgehead atoms. The molecule has 0 nitrogen and oxygen atoms in total. The first-order valence-corrected chi connectivity index (χ1v) is 4.68. The maximum atomic E-state index is 5.86. The first-order chi connectivity index (χ1) is 5.65. The van der Waals surface area contributed by atoms with E-state index in [1.807, 2.05) is 0 Å². The summed E-state index contributed by atoms with van der Waals surface area (Å²) < 4.78 is 0. The monoisotopic (exact) mass is 237 g/mol. The molecule has 0 N–H and O–H groups in total. The van der Waals surface area contributed by atoms with Crippen LogP contribution >= 0.6 is 47.0 Å². The van der Waals surface area contributed by atoms with Crippen LogP contribution < -0.4 is 0 Å². The maximum Gasteiger partial charge on any atom is 0.0471 e. The third kappa shape index (κ3) is 2.33. The van der Waals surface area contributed by atoms with Gasteiger partial charge in [-0.25, -0.2) is 0 Å². The SMILES string of the molecule is S=[C]Cc1c(Cl)cc(Cl)cc1Cl. The average molecular weight is 239 g/mol. The molecule has 0 saturated heterocycles. The first-order valence-electron chi connectivity index (χ1n) is 3.13. The van der Waals surface area contributed by atoms with Gasteiger partial charge in [0.15, 0.2) is 0 Å². The fourth-order valence-electron chi connectivity index (χ4n) is 0.813. The lowest BCUT2D eigenvalue weighted by Gasteiger charge is -2.03. The van der Waals surface area contributed by atoms with Gasteiger partial charge in [-0.2, -0.15) is 0 Å². The van der Waals surface area contributed by atoms with Gasteiger partial charge in [-0.1, -0.05) is 47.0 Å². The standard InChI is InChI=1S/C8H4Cl3S/c9-5-3-7(10)6(1-2-12)8(11)4-5/h3-4H,1H2. The Labute approximate surface area is 91.4 Å². The van der Waals surface area contributed by atoms with Crippen molar-refractivity contribution in [2.45, 2.75) is 6.42 Å². The first kappa shape index (κ1) is 10.3. The predicted molar refractivity (Wildman–Crippen MR) is 57.8 cm³/mol. The second-order valence-corrected chi connectivity index (χ2v) is 3.71. The van der Waals surface area contributed by atoms with Crippen LogP contribution in [-0.4, -0.2) is 5.37 Å². The lowest BCUT2D eigenvalue weighted by atomic mass is 10.2. The number of hydrogen-bond acceptors (Lipinski definition) is 1. The molecule has 0 spiro atoms. The van der Waals surface area contributed by atoms with Crippen molar-refractivity contribution >= 4 is 52.4 Å². The average Bonchev–Trinajstić information content (AvgIpc) is 1.96. The molecule has 1 rings (SSSR count). The van der Waals surface area contributed by atoms with Gasteiger partial charge in [0.05, 0.1) is 0 Å². The lowest BCUT2D eigenvalue weighted by Crippen LogP contribution is -1.87. The summed E-state index contributed by atoms with van der Waals surface area (Å²) in [6, 6.07) is 3.27. The van der Waals surface area contributed by atoms with Gasteiger partial charge in [0.2, 0.25) is 0 Å². The van der Waals surface area contributed by atoms with E-state index in [9.17, 15) is 0 Å². The molecule has 1 aromatic carbocycles. The van der Waals surface area contributed by atoms with Gasteiger partial charge in [0.25, 0.3) is 0 Å². The van der Waals surface area contributed by atoms with Gasteiger partial charge in [-0.3, -0.25) is 0 Å². The van der Waals surface area contributed by atoms with Crippen LogP contribution in [0.2, 0.25) is 15.1 Å². The van der Waals surface area contributed by atoms with Crippen molar-refractivity contribution in [2.75, 3.05) is 0 Å². The van der Waals surface area contributed by atoms with Crippen LogP contribution in [0.5, 0.6) is 0 Å². The Bertz CT molecular complexity index is 286. The van der Waals surface area contributed by atoms with E-state index >= 15 is 0 Å². The summed E-state index contributed by atoms with van der Waals surface area (Å²) in [5.41, 5.74) is 0.776. The fourth-order valence-corrected chi connectivity index (χ4v) is 1.91. The quantitative estimate of drug-likeness (QED) is 0.700. The topological polar surface area (TPSA) is 0 Å². The predicted octanol–water partition coefficient (Wildman–Crippen LogP) is 4.07. The van der Waals surface area contributed by atoms with Gasteiger partial charge in [-0.15, -0.1) is 0 Å². The highest BCUT2D eigenvalue weighted by molar-refractivity contribution is 7.79. The molecule has 0 unspecified atom stereocenters. The Hall–Kier alpha value is 0.180. The Morgan fingerprint density at radius 2 is 1.67 bits per heavy atom. The van der Waals surface area contributed by atoms with Crippen molar-refractivity contribution in [3.8, 4) is 0 Å². The number of hydrogen-bond donors (Lipinski definition) is 0. The second-order valence-electron chi connectivity index (χ2n) is 2.17. The number of halogens is 3. The van der Waals surface area contributed by atoms with Crippen LogP contribution in [0.15, 0.2) is 12.1 Å². The van der Waals surface area contributed by atoms with E-state index in [1.54, 1.807) is 12.1 Å². The van der Waals surface area contributed by atoms with Gasteiger partial charge >= 0.3 is 0 Å². The second kappa shape index (κ2) is 4.43. The molecule has 4 heteroatoms. The van der Waals surface area contributed by atoms with Crippen LogP contribution in [0, 0.1) is 0 Å². The smallest absolute Gasteiger partial charge is 0.0471 e. The van der Waals surface area contributed by atoms with Gasteiger partial charge < -0.3 is 0 Å². The maximum absolute atomic E-state index is 5.86. The third-order valence-corrected chi connectivity index (χ3v) is 2.39. The highest BCUT2D eigenvalue weighted by atomic mass is 35.5. The lowest BCUT2D eigenvalue weighted by molar-refractivity contribution is 1.38. The summed E-state index contributed by atoms with van der Waals surface area (Å²) in [6.45, 7) is 0. The summed E-state index contributed by atoms with van der Waals surface area (Å²) in [7, 11) is 0. The molecule has 0 aliphatic heterocycles. The summed E-state index contributed by atoms with van der Waals surface area (Å²) in [5, 5.41) is 4.15. The minimum absolute atomic E-state index is 0.462. The molecule has 0 saturated carbocycles. The van der Waals surface area contributed by atoms with Gasteiger partial charge in [0, 0.05) is 26.9 Å². The molecule has 0 aliphatic rings. The Morgan fingerprint density at radius 3 is 2.08 bits per heavy atom. The highest BCUT2D eigenvalue weighted by Crippen LogP contribution is 2.28. The molecule has 0 aromatic heterocycles. The molecular weight excluding hydrogens is 235 g/mol. The van der Waals surface area contributed by atoms with E-state index in [4.69, 9.17) is 34.8 Å². The van der Waals surface area contributed by atoms with E-state index in [-0.39, 0.29) is 0 Å². The minimum atomic E-state index is 0.462. The summed E-state index contributed by atoms with van der Waals surface area (Å²) in [4.78, 5) is 0. The molecule has 0 heterocycles. The Kier molecular flexibility index (Phi) is 3.78. The highest BCUT2D eigenvalue weighted by Gasteiger charge is 2.05. The molecule has 63 valence electrons. The van der Waals surface area contributed by atoms with E-state index < -0.39 is 0 Å². The van der Waals surface area contributed by atoms with Crippen molar-refractivity contribution in [3.63, 3.8) is 0 Å². The van der Waals surface area contributed by atoms with Crippen molar-refractivity contribution < 1.29 is 0 Å². The van der Waals surface area contributed by atoms with Crippen LogP contribution in [0.3, 0.4) is 0 Å². The number of benzene rings is 1. The van der Waals surface area contributed by atoms with E-state index in [0.717, 1.165) is 5.56 Å².